The highest BCUT2D eigenvalue weighted by Gasteiger charge is 2.12. The summed E-state index contributed by atoms with van der Waals surface area (Å²) in [7, 11) is 0. The third-order valence-corrected chi connectivity index (χ3v) is 1.76. The average molecular weight is 229 g/mol. The van der Waals surface area contributed by atoms with Gasteiger partial charge in [-0.25, -0.2) is 8.78 Å². The molecule has 86 valence electrons. The average Bonchev–Trinajstić information content (AvgIpc) is 2.23. The van der Waals surface area contributed by atoms with Gasteiger partial charge < -0.3 is 4.74 Å². The largest absolute Gasteiger partial charge is 0.493 e. The summed E-state index contributed by atoms with van der Waals surface area (Å²) in [6.45, 7) is 1.92. The molecule has 0 amide bonds. The molecular formula is C10H9F2NO3. The van der Waals surface area contributed by atoms with E-state index in [9.17, 15) is 18.9 Å². The normalized spacial score (nSPS) is 10.7. The van der Waals surface area contributed by atoms with E-state index >= 15 is 0 Å². The third-order valence-electron chi connectivity index (χ3n) is 1.76. The number of hydrogen-bond acceptors (Lipinski definition) is 3. The highest BCUT2D eigenvalue weighted by Crippen LogP contribution is 2.25. The Labute approximate surface area is 90.3 Å². The highest BCUT2D eigenvalue weighted by molar-refractivity contribution is 5.57. The Hall–Kier alpha value is -1.98. The van der Waals surface area contributed by atoms with Crippen LogP contribution >= 0.6 is 0 Å². The van der Waals surface area contributed by atoms with E-state index in [0.29, 0.717) is 6.20 Å². The van der Waals surface area contributed by atoms with Crippen LogP contribution in [0.2, 0.25) is 0 Å². The van der Waals surface area contributed by atoms with Crippen molar-refractivity contribution in [3.8, 4) is 5.75 Å². The van der Waals surface area contributed by atoms with Crippen molar-refractivity contribution >= 4 is 6.08 Å². The van der Waals surface area contributed by atoms with E-state index in [1.165, 1.54) is 6.07 Å². The van der Waals surface area contributed by atoms with Crippen molar-refractivity contribution in [1.82, 2.24) is 0 Å². The SMILES string of the molecule is CCOc1ccc(F)c(F)c1/C=C/[N+](=O)[O-]. The molecule has 0 saturated carbocycles. The third kappa shape index (κ3) is 2.75. The fourth-order valence-corrected chi connectivity index (χ4v) is 1.12. The maximum atomic E-state index is 13.3. The molecule has 1 aromatic rings. The van der Waals surface area contributed by atoms with Gasteiger partial charge in [0.1, 0.15) is 5.75 Å². The predicted octanol–water partition coefficient (Wildman–Crippen LogP) is 2.61. The summed E-state index contributed by atoms with van der Waals surface area (Å²) in [5.41, 5.74) is -0.265. The van der Waals surface area contributed by atoms with Crippen LogP contribution in [0.3, 0.4) is 0 Å². The lowest BCUT2D eigenvalue weighted by atomic mass is 10.1. The molecule has 0 spiro atoms. The molecule has 16 heavy (non-hydrogen) atoms. The monoisotopic (exact) mass is 229 g/mol. The van der Waals surface area contributed by atoms with Crippen molar-refractivity contribution in [3.05, 3.63) is 45.6 Å². The number of nitro groups is 1. The smallest absolute Gasteiger partial charge is 0.235 e. The fraction of sp³-hybridized carbons (Fsp3) is 0.200. The molecule has 0 aromatic heterocycles. The molecule has 6 heteroatoms. The number of rotatable bonds is 4. The van der Waals surface area contributed by atoms with Gasteiger partial charge in [-0.1, -0.05) is 0 Å². The molecule has 0 saturated heterocycles. The molecule has 0 aliphatic carbocycles. The van der Waals surface area contributed by atoms with Gasteiger partial charge in [-0.2, -0.15) is 0 Å². The molecule has 0 radical (unpaired) electrons. The molecule has 0 N–H and O–H groups in total. The number of nitrogens with zero attached hydrogens (tertiary/aromatic N) is 1. The Morgan fingerprint density at radius 2 is 2.19 bits per heavy atom. The standard InChI is InChI=1S/C10H9F2NO3/c1-2-16-9-4-3-8(11)10(12)7(9)5-6-13(14)15/h3-6H,2H2,1H3/b6-5+. The second-order valence-corrected chi connectivity index (χ2v) is 2.81. The fourth-order valence-electron chi connectivity index (χ4n) is 1.12. The van der Waals surface area contributed by atoms with Crippen LogP contribution in [-0.4, -0.2) is 11.5 Å². The van der Waals surface area contributed by atoms with Gasteiger partial charge in [-0.3, -0.25) is 10.1 Å². The molecule has 0 aliphatic rings. The Morgan fingerprint density at radius 3 is 2.75 bits per heavy atom. The Kier molecular flexibility index (Phi) is 3.93. The lowest BCUT2D eigenvalue weighted by Crippen LogP contribution is -1.98. The summed E-state index contributed by atoms with van der Waals surface area (Å²) in [5.74, 6) is -2.17. The van der Waals surface area contributed by atoms with Crippen LogP contribution < -0.4 is 4.74 Å². The van der Waals surface area contributed by atoms with Gasteiger partial charge in [0, 0.05) is 6.08 Å². The Morgan fingerprint density at radius 1 is 1.50 bits per heavy atom. The second kappa shape index (κ2) is 5.20. The summed E-state index contributed by atoms with van der Waals surface area (Å²) in [6.07, 6.45) is 1.39. The number of halogens is 2. The van der Waals surface area contributed by atoms with Gasteiger partial charge in [-0.05, 0) is 19.1 Å². The van der Waals surface area contributed by atoms with Gasteiger partial charge in [0.05, 0.1) is 17.1 Å². The highest BCUT2D eigenvalue weighted by atomic mass is 19.2. The van der Waals surface area contributed by atoms with Gasteiger partial charge >= 0.3 is 0 Å². The van der Waals surface area contributed by atoms with Gasteiger partial charge in [0.25, 0.3) is 0 Å². The predicted molar refractivity (Wildman–Crippen MR) is 53.6 cm³/mol. The molecule has 0 atom stereocenters. The molecule has 0 bridgehead atoms. The maximum absolute atomic E-state index is 13.3. The van der Waals surface area contributed by atoms with Crippen LogP contribution in [-0.2, 0) is 0 Å². The minimum atomic E-state index is -1.16. The molecule has 0 heterocycles. The Bertz CT molecular complexity index is 432. The summed E-state index contributed by atoms with van der Waals surface area (Å²) in [6, 6.07) is 2.13. The van der Waals surface area contributed by atoms with Crippen LogP contribution in [0.1, 0.15) is 12.5 Å². The van der Waals surface area contributed by atoms with E-state index in [1.807, 2.05) is 0 Å². The van der Waals surface area contributed by atoms with Crippen molar-refractivity contribution < 1.29 is 18.4 Å². The summed E-state index contributed by atoms with van der Waals surface area (Å²) in [5, 5.41) is 10.1. The van der Waals surface area contributed by atoms with Gasteiger partial charge in [0.15, 0.2) is 11.6 Å². The zero-order valence-electron chi connectivity index (χ0n) is 8.44. The number of ether oxygens (including phenoxy) is 1. The van der Waals surface area contributed by atoms with Crippen LogP contribution in [0.5, 0.6) is 5.75 Å². The minimum Gasteiger partial charge on any atom is -0.493 e. The topological polar surface area (TPSA) is 52.4 Å². The zero-order valence-corrected chi connectivity index (χ0v) is 8.44. The zero-order chi connectivity index (χ0) is 12.1. The second-order valence-electron chi connectivity index (χ2n) is 2.81. The summed E-state index contributed by atoms with van der Waals surface area (Å²) >= 11 is 0. The molecule has 1 rings (SSSR count). The molecule has 0 aliphatic heterocycles. The van der Waals surface area contributed by atoms with E-state index in [4.69, 9.17) is 4.74 Å². The van der Waals surface area contributed by atoms with Crippen molar-refractivity contribution in [3.63, 3.8) is 0 Å². The minimum absolute atomic E-state index is 0.0690. The molecular weight excluding hydrogens is 220 g/mol. The van der Waals surface area contributed by atoms with Crippen molar-refractivity contribution in [2.75, 3.05) is 6.61 Å². The van der Waals surface area contributed by atoms with E-state index < -0.39 is 16.6 Å². The summed E-state index contributed by atoms with van der Waals surface area (Å²) in [4.78, 5) is 9.34. The van der Waals surface area contributed by atoms with E-state index in [-0.39, 0.29) is 17.9 Å². The quantitative estimate of drug-likeness (QED) is 0.589. The lowest BCUT2D eigenvalue weighted by Gasteiger charge is -2.07. The van der Waals surface area contributed by atoms with Crippen molar-refractivity contribution in [1.29, 1.82) is 0 Å². The number of hydrogen-bond donors (Lipinski definition) is 0. The molecule has 0 fully saturated rings. The summed E-state index contributed by atoms with van der Waals surface area (Å²) < 4.78 is 31.2. The van der Waals surface area contributed by atoms with Gasteiger partial charge in [-0.15, -0.1) is 0 Å². The molecule has 1 aromatic carbocycles. The maximum Gasteiger partial charge on any atom is 0.235 e. The van der Waals surface area contributed by atoms with Crippen LogP contribution in [0.4, 0.5) is 8.78 Å². The van der Waals surface area contributed by atoms with Crippen molar-refractivity contribution in [2.45, 2.75) is 6.92 Å². The first-order valence-electron chi connectivity index (χ1n) is 4.48. The lowest BCUT2D eigenvalue weighted by molar-refractivity contribution is -0.401. The first kappa shape index (κ1) is 12.1. The van der Waals surface area contributed by atoms with E-state index in [1.54, 1.807) is 6.92 Å². The first-order valence-corrected chi connectivity index (χ1v) is 4.48. The van der Waals surface area contributed by atoms with Crippen LogP contribution in [0.15, 0.2) is 18.3 Å². The first-order chi connectivity index (χ1) is 7.56. The van der Waals surface area contributed by atoms with Crippen LogP contribution in [0, 0.1) is 21.7 Å². The van der Waals surface area contributed by atoms with Crippen LogP contribution in [0.25, 0.3) is 6.08 Å². The Balaban J connectivity index is 3.20. The molecule has 0 unspecified atom stereocenters. The van der Waals surface area contributed by atoms with Gasteiger partial charge in [0.2, 0.25) is 6.20 Å². The van der Waals surface area contributed by atoms with E-state index in [2.05, 4.69) is 0 Å². The molecule has 4 nitrogen and oxygen atoms in total. The number of benzene rings is 1. The van der Waals surface area contributed by atoms with Crippen molar-refractivity contribution in [2.24, 2.45) is 0 Å². The van der Waals surface area contributed by atoms with E-state index in [0.717, 1.165) is 12.1 Å².